The van der Waals surface area contributed by atoms with Crippen LogP contribution in [0.5, 0.6) is 0 Å². The van der Waals surface area contributed by atoms with Crippen molar-refractivity contribution in [2.24, 2.45) is 5.92 Å². The molecule has 0 radical (unpaired) electrons. The number of hydrogen-bond acceptors (Lipinski definition) is 3. The maximum atomic E-state index is 10.6. The number of rotatable bonds is 7. The van der Waals surface area contributed by atoms with Crippen molar-refractivity contribution in [1.82, 2.24) is 0 Å². The fraction of sp³-hybridized carbons (Fsp3) is 0.727. The molecule has 0 aromatic rings. The minimum absolute atomic E-state index is 0.0724. The topological polar surface area (TPSA) is 46.5 Å². The lowest BCUT2D eigenvalue weighted by molar-refractivity contribution is -0.140. The highest BCUT2D eigenvalue weighted by Gasteiger charge is 2.06. The molecule has 0 fully saturated rings. The van der Waals surface area contributed by atoms with Crippen molar-refractivity contribution in [3.8, 4) is 0 Å². The Morgan fingerprint density at radius 1 is 1.50 bits per heavy atom. The first-order valence-corrected chi connectivity index (χ1v) is 5.03. The van der Waals surface area contributed by atoms with Crippen molar-refractivity contribution >= 4 is 5.97 Å². The summed E-state index contributed by atoms with van der Waals surface area (Å²) in [6, 6.07) is 0. The summed E-state index contributed by atoms with van der Waals surface area (Å²) in [7, 11) is 0. The van der Waals surface area contributed by atoms with E-state index >= 15 is 0 Å². The van der Waals surface area contributed by atoms with Crippen LogP contribution in [0.25, 0.3) is 0 Å². The molecule has 0 rings (SSSR count). The molecule has 1 unspecified atom stereocenters. The molecule has 0 aliphatic heterocycles. The molecule has 0 aliphatic carbocycles. The minimum atomic E-state index is -0.544. The number of carbonyl (C=O) groups is 1. The van der Waals surface area contributed by atoms with E-state index in [-0.39, 0.29) is 6.61 Å². The summed E-state index contributed by atoms with van der Waals surface area (Å²) >= 11 is 0. The largest absolute Gasteiger partial charge is 0.460 e. The third-order valence-electron chi connectivity index (χ3n) is 1.90. The van der Waals surface area contributed by atoms with E-state index in [0.717, 1.165) is 18.9 Å². The number of carbonyl (C=O) groups excluding carboxylic acids is 1. The summed E-state index contributed by atoms with van der Waals surface area (Å²) in [6.07, 6.45) is 3.29. The van der Waals surface area contributed by atoms with Gasteiger partial charge in [-0.3, -0.25) is 0 Å². The molecule has 3 heteroatoms. The second kappa shape index (κ2) is 7.56. The molecular formula is C11H20O3. The molecule has 0 aromatic carbocycles. The van der Waals surface area contributed by atoms with Gasteiger partial charge in [-0.05, 0) is 12.3 Å². The Morgan fingerprint density at radius 2 is 2.14 bits per heavy atom. The summed E-state index contributed by atoms with van der Waals surface area (Å²) in [5.74, 6) is 0.172. The summed E-state index contributed by atoms with van der Waals surface area (Å²) in [5.41, 5.74) is 0. The van der Waals surface area contributed by atoms with Gasteiger partial charge in [0.1, 0.15) is 6.61 Å². The van der Waals surface area contributed by atoms with Crippen molar-refractivity contribution in [3.05, 3.63) is 12.7 Å². The lowest BCUT2D eigenvalue weighted by Crippen LogP contribution is -2.17. The minimum Gasteiger partial charge on any atom is -0.460 e. The molecule has 3 nitrogen and oxygen atoms in total. The van der Waals surface area contributed by atoms with Crippen LogP contribution in [-0.2, 0) is 9.53 Å². The van der Waals surface area contributed by atoms with Crippen molar-refractivity contribution < 1.29 is 14.6 Å². The van der Waals surface area contributed by atoms with Crippen molar-refractivity contribution in [1.29, 1.82) is 0 Å². The van der Waals surface area contributed by atoms with Crippen LogP contribution in [0.3, 0.4) is 0 Å². The van der Waals surface area contributed by atoms with E-state index in [0.29, 0.717) is 12.3 Å². The molecule has 0 amide bonds. The number of hydrogen-bond donors (Lipinski definition) is 1. The van der Waals surface area contributed by atoms with Gasteiger partial charge in [0.15, 0.2) is 0 Å². The van der Waals surface area contributed by atoms with E-state index in [1.165, 1.54) is 0 Å². The highest BCUT2D eigenvalue weighted by molar-refractivity contribution is 5.81. The van der Waals surface area contributed by atoms with Crippen molar-refractivity contribution in [2.75, 3.05) is 6.61 Å². The van der Waals surface area contributed by atoms with E-state index < -0.39 is 12.1 Å². The SMILES string of the molecule is C=CC(=O)OCC(O)CCCC(C)C. The maximum absolute atomic E-state index is 10.6. The first-order chi connectivity index (χ1) is 6.56. The number of aliphatic hydroxyl groups is 1. The molecule has 0 bridgehead atoms. The van der Waals surface area contributed by atoms with E-state index in [1.807, 2.05) is 0 Å². The molecule has 1 N–H and O–H groups in total. The Morgan fingerprint density at radius 3 is 2.64 bits per heavy atom. The van der Waals surface area contributed by atoms with Crippen LogP contribution in [0.1, 0.15) is 33.1 Å². The molecular weight excluding hydrogens is 180 g/mol. The molecule has 82 valence electrons. The van der Waals surface area contributed by atoms with Crippen LogP contribution < -0.4 is 0 Å². The number of aliphatic hydroxyl groups excluding tert-OH is 1. The molecule has 0 aromatic heterocycles. The Labute approximate surface area is 85.8 Å². The highest BCUT2D eigenvalue weighted by atomic mass is 16.5. The van der Waals surface area contributed by atoms with Gasteiger partial charge in [-0.2, -0.15) is 0 Å². The van der Waals surface area contributed by atoms with Crippen LogP contribution in [0.2, 0.25) is 0 Å². The van der Waals surface area contributed by atoms with Crippen molar-refractivity contribution in [3.63, 3.8) is 0 Å². The predicted molar refractivity (Wildman–Crippen MR) is 55.9 cm³/mol. The molecule has 0 spiro atoms. The second-order valence-corrected chi connectivity index (χ2v) is 3.81. The zero-order valence-electron chi connectivity index (χ0n) is 9.03. The Bertz CT molecular complexity index is 175. The van der Waals surface area contributed by atoms with Gasteiger partial charge in [0.25, 0.3) is 0 Å². The van der Waals surface area contributed by atoms with Crippen LogP contribution in [0, 0.1) is 5.92 Å². The van der Waals surface area contributed by atoms with Gasteiger partial charge in [0.2, 0.25) is 0 Å². The monoisotopic (exact) mass is 200 g/mol. The van der Waals surface area contributed by atoms with Gasteiger partial charge in [-0.1, -0.05) is 33.3 Å². The smallest absolute Gasteiger partial charge is 0.330 e. The first kappa shape index (κ1) is 13.2. The van der Waals surface area contributed by atoms with Gasteiger partial charge in [-0.15, -0.1) is 0 Å². The molecule has 14 heavy (non-hydrogen) atoms. The quantitative estimate of drug-likeness (QED) is 0.504. The maximum Gasteiger partial charge on any atom is 0.330 e. The molecule has 0 heterocycles. The third kappa shape index (κ3) is 7.80. The van der Waals surface area contributed by atoms with Crippen LogP contribution in [-0.4, -0.2) is 23.8 Å². The van der Waals surface area contributed by atoms with E-state index in [1.54, 1.807) is 0 Å². The number of ether oxygens (including phenoxy) is 1. The zero-order valence-corrected chi connectivity index (χ0v) is 9.03. The number of esters is 1. The lowest BCUT2D eigenvalue weighted by atomic mass is 10.0. The molecule has 0 aliphatic rings. The standard InChI is InChI=1S/C11H20O3/c1-4-11(13)14-8-10(12)7-5-6-9(2)3/h4,9-10,12H,1,5-8H2,2-3H3. The average molecular weight is 200 g/mol. The van der Waals surface area contributed by atoms with Crippen LogP contribution >= 0.6 is 0 Å². The van der Waals surface area contributed by atoms with E-state index in [4.69, 9.17) is 4.74 Å². The third-order valence-corrected chi connectivity index (χ3v) is 1.90. The first-order valence-electron chi connectivity index (χ1n) is 5.03. The zero-order chi connectivity index (χ0) is 11.0. The molecule has 0 saturated heterocycles. The lowest BCUT2D eigenvalue weighted by Gasteiger charge is -2.10. The Hall–Kier alpha value is -0.830. The van der Waals surface area contributed by atoms with Gasteiger partial charge in [0.05, 0.1) is 6.10 Å². The summed E-state index contributed by atoms with van der Waals surface area (Å²) in [6.45, 7) is 7.63. The fourth-order valence-electron chi connectivity index (χ4n) is 1.08. The second-order valence-electron chi connectivity index (χ2n) is 3.81. The van der Waals surface area contributed by atoms with Gasteiger partial charge in [-0.25, -0.2) is 4.79 Å². The van der Waals surface area contributed by atoms with Gasteiger partial charge >= 0.3 is 5.97 Å². The molecule has 1 atom stereocenters. The summed E-state index contributed by atoms with van der Waals surface area (Å²) in [4.78, 5) is 10.6. The van der Waals surface area contributed by atoms with E-state index in [9.17, 15) is 9.90 Å². The van der Waals surface area contributed by atoms with Gasteiger partial charge < -0.3 is 9.84 Å². The molecule has 0 saturated carbocycles. The highest BCUT2D eigenvalue weighted by Crippen LogP contribution is 2.08. The average Bonchev–Trinajstić information content (AvgIpc) is 2.13. The fourth-order valence-corrected chi connectivity index (χ4v) is 1.08. The van der Waals surface area contributed by atoms with Crippen LogP contribution in [0.15, 0.2) is 12.7 Å². The Balaban J connectivity index is 3.41. The van der Waals surface area contributed by atoms with Crippen molar-refractivity contribution in [2.45, 2.75) is 39.2 Å². The summed E-state index contributed by atoms with van der Waals surface area (Å²) in [5, 5.41) is 9.39. The normalized spacial score (nSPS) is 12.6. The van der Waals surface area contributed by atoms with Gasteiger partial charge in [0, 0.05) is 6.08 Å². The summed E-state index contributed by atoms with van der Waals surface area (Å²) < 4.78 is 4.70. The van der Waals surface area contributed by atoms with Crippen LogP contribution in [0.4, 0.5) is 0 Å². The predicted octanol–water partition coefficient (Wildman–Crippen LogP) is 1.90. The van der Waals surface area contributed by atoms with E-state index in [2.05, 4.69) is 20.4 Å². The Kier molecular flexibility index (Phi) is 7.11.